The average Bonchev–Trinajstić information content (AvgIpc) is 2.06. The Hall–Kier alpha value is -0.610. The number of hydrogen-bond acceptors (Lipinski definition) is 3. The van der Waals surface area contributed by atoms with Gasteiger partial charge in [0.25, 0.3) is 0 Å². The molecular formula is C7H8N2S2. The number of thiocarbonyl (C=S) groups is 1. The predicted molar refractivity (Wildman–Crippen MR) is 54.0 cm³/mol. The number of hydrogen-bond donors (Lipinski definition) is 1. The number of thioether (sulfide) groups is 1. The van der Waals surface area contributed by atoms with Crippen LogP contribution in [0.2, 0.25) is 0 Å². The van der Waals surface area contributed by atoms with Gasteiger partial charge in [0.1, 0.15) is 4.32 Å². The highest BCUT2D eigenvalue weighted by atomic mass is 32.2. The largest absolute Gasteiger partial charge is 0.341 e. The summed E-state index contributed by atoms with van der Waals surface area (Å²) < 4.78 is 0.774. The topological polar surface area (TPSA) is 24.9 Å². The molecule has 0 unspecified atom stereocenters. The van der Waals surface area contributed by atoms with Crippen molar-refractivity contribution in [2.75, 3.05) is 11.6 Å². The first kappa shape index (κ1) is 8.49. The maximum absolute atomic E-state index is 4.97. The molecule has 0 spiro atoms. The summed E-state index contributed by atoms with van der Waals surface area (Å²) in [5, 5.41) is 3.05. The summed E-state index contributed by atoms with van der Waals surface area (Å²) in [6, 6.07) is 3.76. The number of nitrogens with one attached hydrogen (secondary N) is 1. The SMILES string of the molecule is CSC(=S)Nc1ccncc1. The van der Waals surface area contributed by atoms with Crippen molar-refractivity contribution < 1.29 is 0 Å². The van der Waals surface area contributed by atoms with E-state index in [-0.39, 0.29) is 0 Å². The molecule has 0 radical (unpaired) electrons. The summed E-state index contributed by atoms with van der Waals surface area (Å²) in [5.74, 6) is 0. The van der Waals surface area contributed by atoms with Gasteiger partial charge in [0.2, 0.25) is 0 Å². The summed E-state index contributed by atoms with van der Waals surface area (Å²) in [7, 11) is 0. The highest BCUT2D eigenvalue weighted by molar-refractivity contribution is 8.22. The van der Waals surface area contributed by atoms with Gasteiger partial charge in [-0.3, -0.25) is 4.98 Å². The zero-order valence-electron chi connectivity index (χ0n) is 6.07. The van der Waals surface area contributed by atoms with Crippen molar-refractivity contribution in [1.82, 2.24) is 4.98 Å². The number of rotatable bonds is 1. The highest BCUT2D eigenvalue weighted by Gasteiger charge is 1.92. The molecule has 0 atom stereocenters. The Bertz CT molecular complexity index is 235. The van der Waals surface area contributed by atoms with E-state index >= 15 is 0 Å². The fraction of sp³-hybridized carbons (Fsp3) is 0.143. The number of pyridine rings is 1. The molecular weight excluding hydrogens is 176 g/mol. The minimum absolute atomic E-state index is 0.774. The standard InChI is InChI=1S/C7H8N2S2/c1-11-7(10)9-6-2-4-8-5-3-6/h2-5H,1H3,(H,8,9,10). The lowest BCUT2D eigenvalue weighted by molar-refractivity contribution is 1.33. The Kier molecular flexibility index (Phi) is 3.32. The summed E-state index contributed by atoms with van der Waals surface area (Å²) in [6.07, 6.45) is 5.40. The molecule has 2 nitrogen and oxygen atoms in total. The normalized spacial score (nSPS) is 9.18. The van der Waals surface area contributed by atoms with Gasteiger partial charge in [-0.1, -0.05) is 12.2 Å². The van der Waals surface area contributed by atoms with Gasteiger partial charge in [-0.05, 0) is 18.4 Å². The Labute approximate surface area is 75.4 Å². The molecule has 4 heteroatoms. The van der Waals surface area contributed by atoms with E-state index in [9.17, 15) is 0 Å². The van der Waals surface area contributed by atoms with Crippen LogP contribution >= 0.6 is 24.0 Å². The summed E-state index contributed by atoms with van der Waals surface area (Å²) in [5.41, 5.74) is 0.986. The minimum Gasteiger partial charge on any atom is -0.341 e. The van der Waals surface area contributed by atoms with Crippen molar-refractivity contribution in [2.24, 2.45) is 0 Å². The van der Waals surface area contributed by atoms with Crippen molar-refractivity contribution >= 4 is 34.0 Å². The molecule has 1 rings (SSSR count). The molecule has 1 aromatic heterocycles. The molecule has 1 N–H and O–H groups in total. The van der Waals surface area contributed by atoms with E-state index in [2.05, 4.69) is 10.3 Å². The Morgan fingerprint density at radius 3 is 2.73 bits per heavy atom. The van der Waals surface area contributed by atoms with Crippen LogP contribution in [0.3, 0.4) is 0 Å². The van der Waals surface area contributed by atoms with Gasteiger partial charge in [-0.2, -0.15) is 0 Å². The summed E-state index contributed by atoms with van der Waals surface area (Å²) in [6.45, 7) is 0. The first-order valence-corrected chi connectivity index (χ1v) is 4.71. The molecule has 1 aromatic rings. The monoisotopic (exact) mass is 184 g/mol. The van der Waals surface area contributed by atoms with E-state index in [4.69, 9.17) is 12.2 Å². The second-order valence-corrected chi connectivity index (χ2v) is 3.34. The van der Waals surface area contributed by atoms with Crippen molar-refractivity contribution in [2.45, 2.75) is 0 Å². The van der Waals surface area contributed by atoms with Crippen molar-refractivity contribution in [1.29, 1.82) is 0 Å². The lowest BCUT2D eigenvalue weighted by Crippen LogP contribution is -2.02. The minimum atomic E-state index is 0.774. The van der Waals surface area contributed by atoms with Crippen LogP contribution in [0.15, 0.2) is 24.5 Å². The van der Waals surface area contributed by atoms with Crippen molar-refractivity contribution in [3.05, 3.63) is 24.5 Å². The second kappa shape index (κ2) is 4.31. The van der Waals surface area contributed by atoms with E-state index in [1.807, 2.05) is 18.4 Å². The lowest BCUT2D eigenvalue weighted by atomic mass is 10.4. The van der Waals surface area contributed by atoms with E-state index in [0.29, 0.717) is 0 Å². The maximum atomic E-state index is 4.97. The van der Waals surface area contributed by atoms with E-state index < -0.39 is 0 Å². The maximum Gasteiger partial charge on any atom is 0.137 e. The third kappa shape index (κ3) is 2.86. The average molecular weight is 184 g/mol. The Morgan fingerprint density at radius 1 is 1.55 bits per heavy atom. The van der Waals surface area contributed by atoms with Crippen LogP contribution in [0.1, 0.15) is 0 Å². The molecule has 1 heterocycles. The molecule has 0 saturated heterocycles. The first-order valence-electron chi connectivity index (χ1n) is 3.08. The van der Waals surface area contributed by atoms with Gasteiger partial charge in [0.15, 0.2) is 0 Å². The van der Waals surface area contributed by atoms with Gasteiger partial charge in [-0.15, -0.1) is 11.8 Å². The van der Waals surface area contributed by atoms with E-state index in [1.54, 1.807) is 12.4 Å². The van der Waals surface area contributed by atoms with Crippen molar-refractivity contribution in [3.8, 4) is 0 Å². The third-order valence-electron chi connectivity index (χ3n) is 1.11. The van der Waals surface area contributed by atoms with Gasteiger partial charge in [0.05, 0.1) is 0 Å². The molecule has 0 bridgehead atoms. The highest BCUT2D eigenvalue weighted by Crippen LogP contribution is 2.07. The number of aromatic nitrogens is 1. The van der Waals surface area contributed by atoms with Gasteiger partial charge in [-0.25, -0.2) is 0 Å². The second-order valence-electron chi connectivity index (χ2n) is 1.85. The Balaban J connectivity index is 2.58. The molecule has 0 aliphatic heterocycles. The fourth-order valence-corrected chi connectivity index (χ4v) is 0.942. The smallest absolute Gasteiger partial charge is 0.137 e. The molecule has 11 heavy (non-hydrogen) atoms. The molecule has 0 aliphatic carbocycles. The number of nitrogens with zero attached hydrogens (tertiary/aromatic N) is 1. The van der Waals surface area contributed by atoms with Crippen LogP contribution in [0.25, 0.3) is 0 Å². The zero-order chi connectivity index (χ0) is 8.10. The van der Waals surface area contributed by atoms with Crippen LogP contribution in [0, 0.1) is 0 Å². The van der Waals surface area contributed by atoms with Gasteiger partial charge in [0, 0.05) is 18.1 Å². The number of anilines is 1. The van der Waals surface area contributed by atoms with Crippen LogP contribution < -0.4 is 5.32 Å². The lowest BCUT2D eigenvalue weighted by Gasteiger charge is -2.02. The summed E-state index contributed by atoms with van der Waals surface area (Å²) in [4.78, 5) is 3.89. The quantitative estimate of drug-likeness (QED) is 0.676. The fourth-order valence-electron chi connectivity index (χ4n) is 0.604. The third-order valence-corrected chi connectivity index (χ3v) is 2.19. The molecule has 58 valence electrons. The van der Waals surface area contributed by atoms with Gasteiger partial charge >= 0.3 is 0 Å². The molecule has 0 aliphatic rings. The van der Waals surface area contributed by atoms with E-state index in [0.717, 1.165) is 10.0 Å². The van der Waals surface area contributed by atoms with Crippen LogP contribution in [-0.4, -0.2) is 15.6 Å². The predicted octanol–water partition coefficient (Wildman–Crippen LogP) is 2.14. The van der Waals surface area contributed by atoms with Crippen LogP contribution in [0.4, 0.5) is 5.69 Å². The van der Waals surface area contributed by atoms with E-state index in [1.165, 1.54) is 11.8 Å². The molecule has 0 saturated carbocycles. The molecule has 0 amide bonds. The Morgan fingerprint density at radius 2 is 2.18 bits per heavy atom. The van der Waals surface area contributed by atoms with Gasteiger partial charge < -0.3 is 5.32 Å². The molecule has 0 aromatic carbocycles. The first-order chi connectivity index (χ1) is 5.33. The molecule has 0 fully saturated rings. The van der Waals surface area contributed by atoms with Crippen molar-refractivity contribution in [3.63, 3.8) is 0 Å². The zero-order valence-corrected chi connectivity index (χ0v) is 7.71. The van der Waals surface area contributed by atoms with Crippen LogP contribution in [0.5, 0.6) is 0 Å². The van der Waals surface area contributed by atoms with Crippen LogP contribution in [-0.2, 0) is 0 Å². The summed E-state index contributed by atoms with van der Waals surface area (Å²) >= 11 is 6.49.